The van der Waals surface area contributed by atoms with Gasteiger partial charge in [-0.1, -0.05) is 30.3 Å². The highest BCUT2D eigenvalue weighted by Gasteiger charge is 2.35. The minimum absolute atomic E-state index is 0.0227. The topological polar surface area (TPSA) is 72.2 Å². The van der Waals surface area contributed by atoms with Crippen LogP contribution in [0.1, 0.15) is 56.3 Å². The summed E-state index contributed by atoms with van der Waals surface area (Å²) in [6, 6.07) is 10.2. The number of Topliss-reactive ketones (excluding diaryl/α,β-unsaturated/α-hetero) is 1. The Balaban J connectivity index is 1.55. The molecule has 0 saturated heterocycles. The number of carboxylic acids is 1. The van der Waals surface area contributed by atoms with Crippen LogP contribution in [0.15, 0.2) is 42.9 Å². The Kier molecular flexibility index (Phi) is 4.68. The van der Waals surface area contributed by atoms with Crippen molar-refractivity contribution >= 4 is 22.9 Å². The average molecular weight is 364 g/mol. The highest BCUT2D eigenvalue weighted by molar-refractivity contribution is 5.96. The molecule has 0 amide bonds. The van der Waals surface area contributed by atoms with Crippen LogP contribution >= 0.6 is 0 Å². The van der Waals surface area contributed by atoms with Crippen LogP contribution in [0.25, 0.3) is 11.1 Å². The molecular formula is C22H24N2O3. The van der Waals surface area contributed by atoms with Crippen molar-refractivity contribution in [1.29, 1.82) is 0 Å². The van der Waals surface area contributed by atoms with Crippen LogP contribution in [0.3, 0.4) is 0 Å². The Labute approximate surface area is 158 Å². The lowest BCUT2D eigenvalue weighted by molar-refractivity contribution is -0.144. The van der Waals surface area contributed by atoms with Gasteiger partial charge in [0.2, 0.25) is 0 Å². The fraction of sp³-hybridized carbons (Fsp3) is 0.409. The van der Waals surface area contributed by atoms with Crippen LogP contribution in [-0.2, 0) is 9.59 Å². The summed E-state index contributed by atoms with van der Waals surface area (Å²) >= 11 is 0. The first kappa shape index (κ1) is 17.7. The largest absolute Gasteiger partial charge is 0.481 e. The molecule has 1 aliphatic carbocycles. The molecule has 1 atom stereocenters. The van der Waals surface area contributed by atoms with Crippen LogP contribution in [0.2, 0.25) is 0 Å². The second kappa shape index (κ2) is 7.14. The summed E-state index contributed by atoms with van der Waals surface area (Å²) in [5.41, 5.74) is 4.58. The van der Waals surface area contributed by atoms with Gasteiger partial charge in [-0.3, -0.25) is 9.59 Å². The normalized spacial score (nSPS) is 24.7. The standard InChI is InChI=1S/C22H24N2O3/c1-14-19-12-23-13-24(19)18(21(14)16-5-3-2-4-6-16)11-20(25)15-7-9-17(10-8-15)22(26)27/h2-6,12-13,15,17-18H,7-11H2,1H3,(H,26,27)/t15-,17-,18?. The minimum atomic E-state index is -0.732. The summed E-state index contributed by atoms with van der Waals surface area (Å²) < 4.78 is 2.11. The van der Waals surface area contributed by atoms with E-state index in [0.717, 1.165) is 11.3 Å². The molecule has 5 nitrogen and oxygen atoms in total. The SMILES string of the molecule is CC1=C(c2ccccc2)C(CC(=O)[C@H]2CC[C@H](C(=O)O)CC2)n2cncc21. The summed E-state index contributed by atoms with van der Waals surface area (Å²) in [4.78, 5) is 28.5. The molecule has 4 rings (SSSR count). The van der Waals surface area contributed by atoms with Crippen molar-refractivity contribution in [2.45, 2.75) is 45.1 Å². The summed E-state index contributed by atoms with van der Waals surface area (Å²) in [5, 5.41) is 9.17. The summed E-state index contributed by atoms with van der Waals surface area (Å²) in [6.07, 6.45) is 6.69. The summed E-state index contributed by atoms with van der Waals surface area (Å²) in [5.74, 6) is -0.801. The lowest BCUT2D eigenvalue weighted by atomic mass is 9.78. The number of hydrogen-bond acceptors (Lipinski definition) is 3. The van der Waals surface area contributed by atoms with E-state index in [4.69, 9.17) is 5.11 Å². The molecule has 1 saturated carbocycles. The third-order valence-electron chi connectivity index (χ3n) is 6.13. The van der Waals surface area contributed by atoms with Gasteiger partial charge in [0, 0.05) is 12.3 Å². The minimum Gasteiger partial charge on any atom is -0.481 e. The molecule has 1 N–H and O–H groups in total. The first-order valence-electron chi connectivity index (χ1n) is 9.60. The van der Waals surface area contributed by atoms with Gasteiger partial charge < -0.3 is 9.67 Å². The molecule has 2 aliphatic rings. The summed E-state index contributed by atoms with van der Waals surface area (Å²) in [6.45, 7) is 2.10. The number of carboxylic acid groups (broad SMARTS) is 1. The first-order valence-corrected chi connectivity index (χ1v) is 9.60. The van der Waals surface area contributed by atoms with Crippen molar-refractivity contribution in [3.63, 3.8) is 0 Å². The molecule has 2 aromatic rings. The lowest BCUT2D eigenvalue weighted by Gasteiger charge is -2.27. The van der Waals surface area contributed by atoms with Crippen LogP contribution < -0.4 is 0 Å². The van der Waals surface area contributed by atoms with E-state index in [-0.39, 0.29) is 23.7 Å². The van der Waals surface area contributed by atoms with E-state index in [9.17, 15) is 9.59 Å². The fourth-order valence-corrected chi connectivity index (χ4v) is 4.62. The Morgan fingerprint density at radius 3 is 2.44 bits per heavy atom. The second-order valence-corrected chi connectivity index (χ2v) is 7.66. The number of imidazole rings is 1. The zero-order valence-electron chi connectivity index (χ0n) is 15.5. The number of carbonyl (C=O) groups is 2. The van der Waals surface area contributed by atoms with E-state index in [1.807, 2.05) is 30.7 Å². The van der Waals surface area contributed by atoms with Crippen LogP contribution in [-0.4, -0.2) is 26.4 Å². The van der Waals surface area contributed by atoms with Crippen molar-refractivity contribution in [3.8, 4) is 0 Å². The molecule has 1 aliphatic heterocycles. The molecule has 27 heavy (non-hydrogen) atoms. The Bertz CT molecular complexity index is 889. The molecule has 1 fully saturated rings. The van der Waals surface area contributed by atoms with Gasteiger partial charge in [0.15, 0.2) is 0 Å². The van der Waals surface area contributed by atoms with Gasteiger partial charge in [0.1, 0.15) is 5.78 Å². The van der Waals surface area contributed by atoms with E-state index in [0.29, 0.717) is 32.1 Å². The number of hydrogen-bond donors (Lipinski definition) is 1. The van der Waals surface area contributed by atoms with Crippen LogP contribution in [0, 0.1) is 11.8 Å². The molecule has 0 spiro atoms. The van der Waals surface area contributed by atoms with Gasteiger partial charge in [-0.15, -0.1) is 0 Å². The van der Waals surface area contributed by atoms with Crippen molar-refractivity contribution in [1.82, 2.24) is 9.55 Å². The number of aromatic nitrogens is 2. The molecule has 2 heterocycles. The molecule has 1 aromatic carbocycles. The maximum absolute atomic E-state index is 13.0. The maximum Gasteiger partial charge on any atom is 0.306 e. The number of carbonyl (C=O) groups excluding carboxylic acids is 1. The summed E-state index contributed by atoms with van der Waals surface area (Å²) in [7, 11) is 0. The zero-order valence-corrected chi connectivity index (χ0v) is 15.5. The first-order chi connectivity index (χ1) is 13.1. The van der Waals surface area contributed by atoms with Gasteiger partial charge in [-0.2, -0.15) is 0 Å². The third kappa shape index (κ3) is 3.22. The van der Waals surface area contributed by atoms with Crippen LogP contribution in [0.4, 0.5) is 0 Å². The number of nitrogens with zero attached hydrogens (tertiary/aromatic N) is 2. The molecule has 1 unspecified atom stereocenters. The van der Waals surface area contributed by atoms with Crippen molar-refractivity contribution in [3.05, 3.63) is 54.1 Å². The second-order valence-electron chi connectivity index (χ2n) is 7.66. The number of aliphatic carboxylic acids is 1. The van der Waals surface area contributed by atoms with E-state index < -0.39 is 5.97 Å². The van der Waals surface area contributed by atoms with Crippen molar-refractivity contribution < 1.29 is 14.7 Å². The number of ketones is 1. The fourth-order valence-electron chi connectivity index (χ4n) is 4.62. The molecule has 0 bridgehead atoms. The van der Waals surface area contributed by atoms with Gasteiger partial charge >= 0.3 is 5.97 Å². The average Bonchev–Trinajstić information content (AvgIpc) is 3.26. The third-order valence-corrected chi connectivity index (χ3v) is 6.13. The van der Waals surface area contributed by atoms with Crippen molar-refractivity contribution in [2.75, 3.05) is 0 Å². The Morgan fingerprint density at radius 1 is 1.11 bits per heavy atom. The monoisotopic (exact) mass is 364 g/mol. The van der Waals surface area contributed by atoms with E-state index in [1.165, 1.54) is 11.1 Å². The highest BCUT2D eigenvalue weighted by atomic mass is 16.4. The van der Waals surface area contributed by atoms with Crippen LogP contribution in [0.5, 0.6) is 0 Å². The van der Waals surface area contributed by atoms with E-state index in [2.05, 4.69) is 28.6 Å². The highest BCUT2D eigenvalue weighted by Crippen LogP contribution is 2.44. The molecule has 1 aromatic heterocycles. The van der Waals surface area contributed by atoms with Gasteiger partial charge in [-0.05, 0) is 49.3 Å². The maximum atomic E-state index is 13.0. The Morgan fingerprint density at radius 2 is 1.78 bits per heavy atom. The predicted octanol–water partition coefficient (Wildman–Crippen LogP) is 4.22. The van der Waals surface area contributed by atoms with E-state index in [1.54, 1.807) is 0 Å². The molecule has 140 valence electrons. The Hall–Kier alpha value is -2.69. The molecule has 5 heteroatoms. The lowest BCUT2D eigenvalue weighted by Crippen LogP contribution is -2.27. The smallest absolute Gasteiger partial charge is 0.306 e. The van der Waals surface area contributed by atoms with Gasteiger partial charge in [-0.25, -0.2) is 4.98 Å². The zero-order chi connectivity index (χ0) is 19.0. The van der Waals surface area contributed by atoms with Gasteiger partial charge in [0.05, 0.1) is 30.2 Å². The number of fused-ring (bicyclic) bond motifs is 1. The number of allylic oxidation sites excluding steroid dienone is 2. The van der Waals surface area contributed by atoms with E-state index >= 15 is 0 Å². The quantitative estimate of drug-likeness (QED) is 0.862. The number of rotatable bonds is 5. The predicted molar refractivity (Wildman–Crippen MR) is 103 cm³/mol. The van der Waals surface area contributed by atoms with Crippen molar-refractivity contribution in [2.24, 2.45) is 11.8 Å². The van der Waals surface area contributed by atoms with Gasteiger partial charge in [0.25, 0.3) is 0 Å². The molecular weight excluding hydrogens is 340 g/mol. The number of benzene rings is 1. The molecule has 0 radical (unpaired) electrons.